The average molecular weight is 440 g/mol. The van der Waals surface area contributed by atoms with E-state index in [1.807, 2.05) is 18.7 Å². The van der Waals surface area contributed by atoms with E-state index in [1.165, 1.54) is 11.1 Å². The zero-order valence-electron chi connectivity index (χ0n) is 19.8. The molecule has 6 heteroatoms. The van der Waals surface area contributed by atoms with Crippen LogP contribution in [0, 0.1) is 19.8 Å². The maximum atomic E-state index is 13.6. The predicted molar refractivity (Wildman–Crippen MR) is 125 cm³/mol. The van der Waals surface area contributed by atoms with E-state index >= 15 is 0 Å². The van der Waals surface area contributed by atoms with Crippen LogP contribution >= 0.6 is 0 Å². The minimum Gasteiger partial charge on any atom is -0.376 e. The van der Waals surface area contributed by atoms with Crippen molar-refractivity contribution in [2.75, 3.05) is 32.8 Å². The molecule has 1 aromatic carbocycles. The lowest BCUT2D eigenvalue weighted by molar-refractivity contribution is 0.0442. The van der Waals surface area contributed by atoms with E-state index in [0.29, 0.717) is 30.2 Å². The highest BCUT2D eigenvalue weighted by Crippen LogP contribution is 2.25. The molecular weight excluding hydrogens is 402 g/mol. The van der Waals surface area contributed by atoms with Crippen LogP contribution in [-0.2, 0) is 17.7 Å². The number of rotatable bonds is 8. The van der Waals surface area contributed by atoms with Gasteiger partial charge in [0.2, 0.25) is 0 Å². The first-order chi connectivity index (χ1) is 15.5. The Morgan fingerprint density at radius 1 is 1.16 bits per heavy atom. The Labute approximate surface area is 191 Å². The summed E-state index contributed by atoms with van der Waals surface area (Å²) in [5.41, 5.74) is 4.19. The van der Waals surface area contributed by atoms with Crippen molar-refractivity contribution >= 4 is 5.91 Å². The summed E-state index contributed by atoms with van der Waals surface area (Å²) in [7, 11) is 0. The summed E-state index contributed by atoms with van der Waals surface area (Å²) < 4.78 is 11.2. The van der Waals surface area contributed by atoms with E-state index in [-0.39, 0.29) is 12.0 Å². The molecule has 1 atom stereocenters. The van der Waals surface area contributed by atoms with Crippen LogP contribution in [0.25, 0.3) is 0 Å². The normalized spacial score (nSPS) is 20.0. The smallest absolute Gasteiger partial charge is 0.259 e. The Bertz CT molecular complexity index is 895. The van der Waals surface area contributed by atoms with Crippen molar-refractivity contribution < 1.29 is 14.1 Å². The van der Waals surface area contributed by atoms with Crippen molar-refractivity contribution in [3.8, 4) is 0 Å². The molecular formula is C26H37N3O3. The number of amides is 1. The Morgan fingerprint density at radius 3 is 2.62 bits per heavy atom. The SMILES string of the molecule is CCc1noc(C)c1C(=O)N(CC1CCN(Cc2ccccc2C)CC1)CC1CCCO1. The standard InChI is InChI=1S/C26H37N3O3/c1-4-24-25(20(3)32-27-24)26(30)29(18-23-10-7-15-31-23)16-21-11-13-28(14-12-21)17-22-9-6-5-8-19(22)2/h5-6,8-9,21,23H,4,7,10-18H2,1-3H3. The molecule has 2 fully saturated rings. The van der Waals surface area contributed by atoms with Crippen molar-refractivity contribution in [2.45, 2.75) is 65.5 Å². The highest BCUT2D eigenvalue weighted by molar-refractivity contribution is 5.96. The van der Waals surface area contributed by atoms with Gasteiger partial charge in [-0.1, -0.05) is 36.3 Å². The molecule has 2 aliphatic heterocycles. The van der Waals surface area contributed by atoms with Crippen molar-refractivity contribution in [1.82, 2.24) is 15.0 Å². The zero-order chi connectivity index (χ0) is 22.5. The molecule has 174 valence electrons. The van der Waals surface area contributed by atoms with Gasteiger partial charge < -0.3 is 14.2 Å². The number of likely N-dealkylation sites (tertiary alicyclic amines) is 1. The van der Waals surface area contributed by atoms with Gasteiger partial charge in [0.1, 0.15) is 11.3 Å². The number of nitrogens with zero attached hydrogens (tertiary/aromatic N) is 3. The highest BCUT2D eigenvalue weighted by Gasteiger charge is 2.31. The Balaban J connectivity index is 1.39. The fraction of sp³-hybridized carbons (Fsp3) is 0.615. The van der Waals surface area contributed by atoms with Gasteiger partial charge in [-0.3, -0.25) is 9.69 Å². The van der Waals surface area contributed by atoms with Crippen LogP contribution in [0.5, 0.6) is 0 Å². The first kappa shape index (κ1) is 23.0. The summed E-state index contributed by atoms with van der Waals surface area (Å²) in [6.07, 6.45) is 5.18. The minimum atomic E-state index is 0.0541. The fourth-order valence-electron chi connectivity index (χ4n) is 5.03. The third-order valence-electron chi connectivity index (χ3n) is 7.06. The molecule has 0 N–H and O–H groups in total. The second-order valence-electron chi connectivity index (χ2n) is 9.41. The minimum absolute atomic E-state index is 0.0541. The number of hydrogen-bond acceptors (Lipinski definition) is 5. The third kappa shape index (κ3) is 5.41. The van der Waals surface area contributed by atoms with Crippen molar-refractivity contribution in [2.24, 2.45) is 5.92 Å². The van der Waals surface area contributed by atoms with Crippen LogP contribution in [0.3, 0.4) is 0 Å². The summed E-state index contributed by atoms with van der Waals surface area (Å²) in [6, 6.07) is 8.65. The second kappa shape index (κ2) is 10.6. The molecule has 0 spiro atoms. The zero-order valence-corrected chi connectivity index (χ0v) is 19.8. The van der Waals surface area contributed by atoms with Crippen LogP contribution < -0.4 is 0 Å². The van der Waals surface area contributed by atoms with Crippen LogP contribution in [0.4, 0.5) is 0 Å². The van der Waals surface area contributed by atoms with Crippen LogP contribution in [-0.4, -0.2) is 59.8 Å². The van der Waals surface area contributed by atoms with Gasteiger partial charge in [0.15, 0.2) is 0 Å². The molecule has 0 aliphatic carbocycles. The molecule has 2 aliphatic rings. The highest BCUT2D eigenvalue weighted by atomic mass is 16.5. The number of piperidine rings is 1. The molecule has 1 amide bonds. The topological polar surface area (TPSA) is 58.8 Å². The molecule has 2 saturated heterocycles. The number of hydrogen-bond donors (Lipinski definition) is 0. The first-order valence-electron chi connectivity index (χ1n) is 12.2. The molecule has 32 heavy (non-hydrogen) atoms. The van der Waals surface area contributed by atoms with Crippen molar-refractivity contribution in [3.63, 3.8) is 0 Å². The average Bonchev–Trinajstić information content (AvgIpc) is 3.45. The van der Waals surface area contributed by atoms with Crippen LogP contribution in [0.1, 0.15) is 65.5 Å². The number of ether oxygens (including phenoxy) is 1. The van der Waals surface area contributed by atoms with Gasteiger partial charge >= 0.3 is 0 Å². The van der Waals surface area contributed by atoms with E-state index in [0.717, 1.165) is 64.2 Å². The van der Waals surface area contributed by atoms with E-state index in [9.17, 15) is 4.79 Å². The molecule has 3 heterocycles. The van der Waals surface area contributed by atoms with Gasteiger partial charge in [-0.05, 0) is 76.1 Å². The molecule has 0 bridgehead atoms. The van der Waals surface area contributed by atoms with Crippen molar-refractivity contribution in [3.05, 3.63) is 52.4 Å². The van der Waals surface area contributed by atoms with Gasteiger partial charge in [-0.25, -0.2) is 0 Å². The largest absolute Gasteiger partial charge is 0.376 e. The number of aryl methyl sites for hydroxylation is 3. The lowest BCUT2D eigenvalue weighted by Crippen LogP contribution is -2.43. The molecule has 0 saturated carbocycles. The summed E-state index contributed by atoms with van der Waals surface area (Å²) >= 11 is 0. The summed E-state index contributed by atoms with van der Waals surface area (Å²) in [5.74, 6) is 1.19. The molecule has 1 unspecified atom stereocenters. The van der Waals surface area contributed by atoms with Crippen LogP contribution in [0.15, 0.2) is 28.8 Å². The molecule has 1 aromatic heterocycles. The summed E-state index contributed by atoms with van der Waals surface area (Å²) in [4.78, 5) is 18.1. The van der Waals surface area contributed by atoms with E-state index in [2.05, 4.69) is 41.2 Å². The predicted octanol–water partition coefficient (Wildman–Crippen LogP) is 4.39. The number of aromatic nitrogens is 1. The van der Waals surface area contributed by atoms with Gasteiger partial charge in [0.05, 0.1) is 11.8 Å². The first-order valence-corrected chi connectivity index (χ1v) is 12.2. The lowest BCUT2D eigenvalue weighted by Gasteiger charge is -2.35. The monoisotopic (exact) mass is 439 g/mol. The van der Waals surface area contributed by atoms with Gasteiger partial charge in [-0.2, -0.15) is 0 Å². The van der Waals surface area contributed by atoms with Crippen LogP contribution in [0.2, 0.25) is 0 Å². The van der Waals surface area contributed by atoms with E-state index in [1.54, 1.807) is 0 Å². The Morgan fingerprint density at radius 2 is 1.94 bits per heavy atom. The van der Waals surface area contributed by atoms with Gasteiger partial charge in [-0.15, -0.1) is 0 Å². The summed E-state index contributed by atoms with van der Waals surface area (Å²) in [6.45, 7) is 11.5. The van der Waals surface area contributed by atoms with Gasteiger partial charge in [0.25, 0.3) is 5.91 Å². The van der Waals surface area contributed by atoms with Gasteiger partial charge in [0, 0.05) is 26.2 Å². The van der Waals surface area contributed by atoms with Crippen molar-refractivity contribution in [1.29, 1.82) is 0 Å². The van der Waals surface area contributed by atoms with E-state index in [4.69, 9.17) is 9.26 Å². The fourth-order valence-corrected chi connectivity index (χ4v) is 5.03. The quantitative estimate of drug-likeness (QED) is 0.611. The molecule has 2 aromatic rings. The second-order valence-corrected chi connectivity index (χ2v) is 9.41. The number of benzene rings is 1. The maximum Gasteiger partial charge on any atom is 0.259 e. The van der Waals surface area contributed by atoms with E-state index < -0.39 is 0 Å². The molecule has 0 radical (unpaired) electrons. The number of carbonyl (C=O) groups excluding carboxylic acids is 1. The Kier molecular flexibility index (Phi) is 7.63. The number of carbonyl (C=O) groups is 1. The third-order valence-corrected chi connectivity index (χ3v) is 7.06. The Hall–Kier alpha value is -2.18. The maximum absolute atomic E-state index is 13.6. The molecule has 4 rings (SSSR count). The summed E-state index contributed by atoms with van der Waals surface area (Å²) in [5, 5.41) is 4.11. The molecule has 6 nitrogen and oxygen atoms in total. The lowest BCUT2D eigenvalue weighted by atomic mass is 9.94.